The molecule has 0 atom stereocenters. The number of pyridine rings is 1. The number of fused-ring (bicyclic) bond motifs is 1. The zero-order chi connectivity index (χ0) is 18.7. The first kappa shape index (κ1) is 18.6. The van der Waals surface area contributed by atoms with Crippen LogP contribution < -0.4 is 10.0 Å². The molecule has 0 fully saturated rings. The summed E-state index contributed by atoms with van der Waals surface area (Å²) >= 11 is 3.40. The predicted molar refractivity (Wildman–Crippen MR) is 101 cm³/mol. The molecule has 0 aliphatic carbocycles. The SMILES string of the molecule is CCNS(=O)(=O)c1ccc(C(=O)NCc2cn3cc(Br)ccc3n2)cc1. The molecule has 3 rings (SSSR count). The highest BCUT2D eigenvalue weighted by Gasteiger charge is 2.14. The van der Waals surface area contributed by atoms with E-state index < -0.39 is 10.0 Å². The Morgan fingerprint density at radius 3 is 2.58 bits per heavy atom. The molecule has 0 saturated carbocycles. The van der Waals surface area contributed by atoms with E-state index in [0.717, 1.165) is 15.8 Å². The molecule has 9 heteroatoms. The summed E-state index contributed by atoms with van der Waals surface area (Å²) in [5.74, 6) is -0.296. The predicted octanol–water partition coefficient (Wildman–Crippen LogP) is 2.32. The number of amides is 1. The monoisotopic (exact) mass is 436 g/mol. The molecule has 2 heterocycles. The number of hydrogen-bond donors (Lipinski definition) is 2. The van der Waals surface area contributed by atoms with Gasteiger partial charge in [-0.05, 0) is 52.3 Å². The molecule has 7 nitrogen and oxygen atoms in total. The molecule has 2 N–H and O–H groups in total. The van der Waals surface area contributed by atoms with Gasteiger partial charge >= 0.3 is 0 Å². The molecule has 0 radical (unpaired) electrons. The molecule has 136 valence electrons. The molecule has 0 saturated heterocycles. The van der Waals surface area contributed by atoms with Crippen molar-refractivity contribution in [1.29, 1.82) is 0 Å². The Labute approximate surface area is 159 Å². The number of halogens is 1. The third-order valence-electron chi connectivity index (χ3n) is 3.66. The first-order valence-electron chi connectivity index (χ1n) is 7.90. The lowest BCUT2D eigenvalue weighted by molar-refractivity contribution is 0.0950. The van der Waals surface area contributed by atoms with Crippen molar-refractivity contribution in [3.63, 3.8) is 0 Å². The van der Waals surface area contributed by atoms with E-state index in [-0.39, 0.29) is 17.3 Å². The minimum Gasteiger partial charge on any atom is -0.346 e. The van der Waals surface area contributed by atoms with Crippen molar-refractivity contribution < 1.29 is 13.2 Å². The Morgan fingerprint density at radius 1 is 1.15 bits per heavy atom. The van der Waals surface area contributed by atoms with E-state index in [2.05, 4.69) is 31.0 Å². The van der Waals surface area contributed by atoms with Gasteiger partial charge in [0.15, 0.2) is 0 Å². The minimum absolute atomic E-state index is 0.127. The van der Waals surface area contributed by atoms with Gasteiger partial charge in [-0.3, -0.25) is 4.79 Å². The lowest BCUT2D eigenvalue weighted by Gasteiger charge is -2.06. The fourth-order valence-electron chi connectivity index (χ4n) is 2.43. The number of hydrogen-bond acceptors (Lipinski definition) is 4. The number of rotatable bonds is 6. The standard InChI is InChI=1S/C17H17BrN4O3S/c1-2-20-26(24,25)15-6-3-12(4-7-15)17(23)19-9-14-11-22-10-13(18)5-8-16(22)21-14/h3-8,10-11,20H,2,9H2,1H3,(H,19,23). The van der Waals surface area contributed by atoms with Gasteiger partial charge in [-0.15, -0.1) is 0 Å². The van der Waals surface area contributed by atoms with Crippen LogP contribution in [0, 0.1) is 0 Å². The highest BCUT2D eigenvalue weighted by atomic mass is 79.9. The van der Waals surface area contributed by atoms with Crippen LogP contribution in [0.5, 0.6) is 0 Å². The Hall–Kier alpha value is -2.23. The van der Waals surface area contributed by atoms with Crippen molar-refractivity contribution in [3.05, 3.63) is 64.5 Å². The fraction of sp³-hybridized carbons (Fsp3) is 0.176. The second-order valence-electron chi connectivity index (χ2n) is 5.55. The van der Waals surface area contributed by atoms with Gasteiger partial charge in [-0.1, -0.05) is 6.92 Å². The number of carbonyl (C=O) groups is 1. The van der Waals surface area contributed by atoms with E-state index in [9.17, 15) is 13.2 Å². The average molecular weight is 437 g/mol. The molecule has 1 aromatic carbocycles. The van der Waals surface area contributed by atoms with Crippen molar-refractivity contribution in [2.24, 2.45) is 0 Å². The Morgan fingerprint density at radius 2 is 1.88 bits per heavy atom. The largest absolute Gasteiger partial charge is 0.346 e. The van der Waals surface area contributed by atoms with Crippen molar-refractivity contribution in [2.75, 3.05) is 6.54 Å². The number of nitrogens with zero attached hydrogens (tertiary/aromatic N) is 2. The van der Waals surface area contributed by atoms with Gasteiger partial charge in [0.25, 0.3) is 5.91 Å². The number of carbonyl (C=O) groups excluding carboxylic acids is 1. The normalized spacial score (nSPS) is 11.6. The van der Waals surface area contributed by atoms with E-state index in [4.69, 9.17) is 0 Å². The summed E-state index contributed by atoms with van der Waals surface area (Å²) in [5, 5.41) is 2.78. The van der Waals surface area contributed by atoms with Crippen molar-refractivity contribution >= 4 is 37.5 Å². The Bertz CT molecular complexity index is 1050. The molecule has 0 aliphatic heterocycles. The number of nitrogens with one attached hydrogen (secondary N) is 2. The molecule has 0 aliphatic rings. The molecule has 0 spiro atoms. The number of sulfonamides is 1. The second-order valence-corrected chi connectivity index (χ2v) is 8.24. The van der Waals surface area contributed by atoms with E-state index >= 15 is 0 Å². The smallest absolute Gasteiger partial charge is 0.251 e. The molecular formula is C17H17BrN4O3S. The maximum atomic E-state index is 12.3. The number of benzene rings is 1. The maximum Gasteiger partial charge on any atom is 0.251 e. The van der Waals surface area contributed by atoms with Crippen LogP contribution in [0.4, 0.5) is 0 Å². The Balaban J connectivity index is 1.67. The van der Waals surface area contributed by atoms with Crippen LogP contribution in [0.25, 0.3) is 5.65 Å². The maximum absolute atomic E-state index is 12.3. The quantitative estimate of drug-likeness (QED) is 0.619. The third kappa shape index (κ3) is 4.12. The van der Waals surface area contributed by atoms with E-state index in [1.165, 1.54) is 24.3 Å². The summed E-state index contributed by atoms with van der Waals surface area (Å²) in [6, 6.07) is 9.57. The molecule has 2 aromatic heterocycles. The van der Waals surface area contributed by atoms with E-state index in [1.807, 2.05) is 28.9 Å². The molecule has 3 aromatic rings. The van der Waals surface area contributed by atoms with E-state index in [0.29, 0.717) is 12.1 Å². The lowest BCUT2D eigenvalue weighted by atomic mass is 10.2. The minimum atomic E-state index is -3.52. The van der Waals surface area contributed by atoms with E-state index in [1.54, 1.807) is 6.92 Å². The van der Waals surface area contributed by atoms with Crippen molar-refractivity contribution in [1.82, 2.24) is 19.4 Å². The van der Waals surface area contributed by atoms with Crippen LogP contribution in [0.3, 0.4) is 0 Å². The summed E-state index contributed by atoms with van der Waals surface area (Å²) in [4.78, 5) is 16.8. The van der Waals surface area contributed by atoms with Gasteiger partial charge < -0.3 is 9.72 Å². The summed E-state index contributed by atoms with van der Waals surface area (Å²) in [7, 11) is -3.52. The third-order valence-corrected chi connectivity index (χ3v) is 5.69. The van der Waals surface area contributed by atoms with Crippen molar-refractivity contribution in [2.45, 2.75) is 18.4 Å². The van der Waals surface area contributed by atoms with Crippen LogP contribution in [0.1, 0.15) is 23.0 Å². The van der Waals surface area contributed by atoms with Crippen LogP contribution >= 0.6 is 15.9 Å². The van der Waals surface area contributed by atoms with Gasteiger partial charge in [0.2, 0.25) is 10.0 Å². The van der Waals surface area contributed by atoms with Crippen LogP contribution in [-0.4, -0.2) is 30.3 Å². The van der Waals surface area contributed by atoms with Crippen LogP contribution in [0.15, 0.2) is 58.2 Å². The molecule has 0 bridgehead atoms. The highest BCUT2D eigenvalue weighted by Crippen LogP contribution is 2.13. The topological polar surface area (TPSA) is 92.6 Å². The zero-order valence-electron chi connectivity index (χ0n) is 13.9. The molecule has 1 amide bonds. The average Bonchev–Trinajstić information content (AvgIpc) is 3.01. The first-order chi connectivity index (χ1) is 12.4. The van der Waals surface area contributed by atoms with Gasteiger partial charge in [0.05, 0.1) is 17.1 Å². The van der Waals surface area contributed by atoms with Gasteiger partial charge in [0, 0.05) is 29.0 Å². The summed E-state index contributed by atoms with van der Waals surface area (Å²) in [6.07, 6.45) is 3.73. The van der Waals surface area contributed by atoms with Gasteiger partial charge in [0.1, 0.15) is 5.65 Å². The van der Waals surface area contributed by atoms with Crippen LogP contribution in [0.2, 0.25) is 0 Å². The van der Waals surface area contributed by atoms with Crippen LogP contribution in [-0.2, 0) is 16.6 Å². The number of aromatic nitrogens is 2. The Kier molecular flexibility index (Phi) is 5.40. The van der Waals surface area contributed by atoms with Crippen molar-refractivity contribution in [3.8, 4) is 0 Å². The summed E-state index contributed by atoms with van der Waals surface area (Å²) in [5.41, 5.74) is 1.89. The zero-order valence-corrected chi connectivity index (χ0v) is 16.3. The second kappa shape index (κ2) is 7.56. The van der Waals surface area contributed by atoms with Gasteiger partial charge in [-0.2, -0.15) is 0 Å². The molecule has 26 heavy (non-hydrogen) atoms. The van der Waals surface area contributed by atoms with Gasteiger partial charge in [-0.25, -0.2) is 18.1 Å². The number of imidazole rings is 1. The fourth-order valence-corrected chi connectivity index (χ4v) is 3.83. The summed E-state index contributed by atoms with van der Waals surface area (Å²) < 4.78 is 29.0. The molecule has 0 unspecified atom stereocenters. The first-order valence-corrected chi connectivity index (χ1v) is 10.2. The molecular weight excluding hydrogens is 420 g/mol. The highest BCUT2D eigenvalue weighted by molar-refractivity contribution is 9.10. The summed E-state index contributed by atoms with van der Waals surface area (Å²) in [6.45, 7) is 2.28. The lowest BCUT2D eigenvalue weighted by Crippen LogP contribution is -2.24.